The Bertz CT molecular complexity index is 597. The highest BCUT2D eigenvalue weighted by Gasteiger charge is 2.10. The maximum absolute atomic E-state index is 11.8. The number of phenolic OH excluding ortho intramolecular Hbond substituents is 1. The van der Waals surface area contributed by atoms with Crippen LogP contribution in [0.1, 0.15) is 0 Å². The SMILES string of the molecule is O=C(Nc1ccccc1O)Nc1c(Cl)cccc1Cl. The molecule has 3 N–H and O–H groups in total. The minimum atomic E-state index is -0.545. The Kier molecular flexibility index (Phi) is 4.14. The summed E-state index contributed by atoms with van der Waals surface area (Å²) in [5.41, 5.74) is 0.613. The maximum Gasteiger partial charge on any atom is 0.323 e. The van der Waals surface area contributed by atoms with Crippen LogP contribution < -0.4 is 10.6 Å². The van der Waals surface area contributed by atoms with E-state index in [0.29, 0.717) is 21.4 Å². The van der Waals surface area contributed by atoms with E-state index in [2.05, 4.69) is 10.6 Å². The topological polar surface area (TPSA) is 61.4 Å². The number of hydrogen-bond acceptors (Lipinski definition) is 2. The number of aromatic hydroxyl groups is 1. The number of benzene rings is 2. The molecule has 0 unspecified atom stereocenters. The summed E-state index contributed by atoms with van der Waals surface area (Å²) in [6.07, 6.45) is 0. The van der Waals surface area contributed by atoms with E-state index in [-0.39, 0.29) is 5.75 Å². The van der Waals surface area contributed by atoms with Gasteiger partial charge in [-0.25, -0.2) is 4.79 Å². The van der Waals surface area contributed by atoms with E-state index >= 15 is 0 Å². The lowest BCUT2D eigenvalue weighted by molar-refractivity contribution is 0.262. The van der Waals surface area contributed by atoms with Crippen LogP contribution in [0.15, 0.2) is 42.5 Å². The van der Waals surface area contributed by atoms with Gasteiger partial charge in [0, 0.05) is 0 Å². The monoisotopic (exact) mass is 296 g/mol. The Labute approximate surface area is 120 Å². The lowest BCUT2D eigenvalue weighted by Gasteiger charge is -2.11. The van der Waals surface area contributed by atoms with Gasteiger partial charge in [0.1, 0.15) is 5.75 Å². The Hall–Kier alpha value is -1.91. The van der Waals surface area contributed by atoms with Crippen LogP contribution in [-0.2, 0) is 0 Å². The molecule has 0 fully saturated rings. The van der Waals surface area contributed by atoms with Crippen molar-refractivity contribution in [3.05, 3.63) is 52.5 Å². The lowest BCUT2D eigenvalue weighted by Crippen LogP contribution is -2.19. The third-order valence-corrected chi connectivity index (χ3v) is 2.98. The quantitative estimate of drug-likeness (QED) is 0.722. The predicted molar refractivity (Wildman–Crippen MR) is 77.2 cm³/mol. The second-order valence-electron chi connectivity index (χ2n) is 3.69. The average molecular weight is 297 g/mol. The summed E-state index contributed by atoms with van der Waals surface area (Å²) < 4.78 is 0. The number of anilines is 2. The van der Waals surface area contributed by atoms with Crippen LogP contribution in [0, 0.1) is 0 Å². The fraction of sp³-hybridized carbons (Fsp3) is 0. The number of carbonyl (C=O) groups is 1. The zero-order valence-corrected chi connectivity index (χ0v) is 11.2. The molecule has 0 aliphatic carbocycles. The number of carbonyl (C=O) groups excluding carboxylic acids is 1. The molecule has 0 atom stereocenters. The normalized spacial score (nSPS) is 10.0. The number of phenols is 1. The van der Waals surface area contributed by atoms with Crippen LogP contribution in [0.2, 0.25) is 10.0 Å². The average Bonchev–Trinajstić information content (AvgIpc) is 2.37. The second-order valence-corrected chi connectivity index (χ2v) is 4.51. The van der Waals surface area contributed by atoms with Crippen molar-refractivity contribution in [1.82, 2.24) is 0 Å². The fourth-order valence-electron chi connectivity index (χ4n) is 1.46. The van der Waals surface area contributed by atoms with Gasteiger partial charge < -0.3 is 15.7 Å². The summed E-state index contributed by atoms with van der Waals surface area (Å²) in [7, 11) is 0. The van der Waals surface area contributed by atoms with Gasteiger partial charge in [-0.15, -0.1) is 0 Å². The number of halogens is 2. The van der Waals surface area contributed by atoms with Crippen molar-refractivity contribution in [2.45, 2.75) is 0 Å². The number of nitrogens with one attached hydrogen (secondary N) is 2. The van der Waals surface area contributed by atoms with Gasteiger partial charge in [0.25, 0.3) is 0 Å². The molecule has 4 nitrogen and oxygen atoms in total. The standard InChI is InChI=1S/C13H10Cl2N2O2/c14-8-4-3-5-9(15)12(8)17-13(19)16-10-6-1-2-7-11(10)18/h1-7,18H,(H2,16,17,19). The first kappa shape index (κ1) is 13.5. The van der Waals surface area contributed by atoms with Gasteiger partial charge in [0.05, 0.1) is 21.4 Å². The lowest BCUT2D eigenvalue weighted by atomic mass is 10.3. The molecule has 2 rings (SSSR count). The molecule has 0 radical (unpaired) electrons. The van der Waals surface area contributed by atoms with E-state index in [4.69, 9.17) is 23.2 Å². The summed E-state index contributed by atoms with van der Waals surface area (Å²) in [5.74, 6) is -0.0251. The zero-order valence-electron chi connectivity index (χ0n) is 9.65. The first-order valence-corrected chi connectivity index (χ1v) is 6.13. The Morgan fingerprint density at radius 1 is 0.947 bits per heavy atom. The van der Waals surface area contributed by atoms with Gasteiger partial charge in [0.15, 0.2) is 0 Å². The smallest absolute Gasteiger partial charge is 0.323 e. The molecule has 0 aliphatic heterocycles. The molecule has 0 saturated heterocycles. The van der Waals surface area contributed by atoms with Crippen molar-refractivity contribution in [3.8, 4) is 5.75 Å². The van der Waals surface area contributed by atoms with Gasteiger partial charge in [-0.05, 0) is 24.3 Å². The molecule has 0 heterocycles. The van der Waals surface area contributed by atoms with Crippen LogP contribution in [0.4, 0.5) is 16.2 Å². The van der Waals surface area contributed by atoms with Crippen molar-refractivity contribution in [2.75, 3.05) is 10.6 Å². The summed E-state index contributed by atoms with van der Waals surface area (Å²) in [4.78, 5) is 11.8. The zero-order chi connectivity index (χ0) is 13.8. The second kappa shape index (κ2) is 5.82. The largest absolute Gasteiger partial charge is 0.506 e. The van der Waals surface area contributed by atoms with E-state index < -0.39 is 6.03 Å². The molecule has 98 valence electrons. The summed E-state index contributed by atoms with van der Waals surface area (Å²) in [6.45, 7) is 0. The summed E-state index contributed by atoms with van der Waals surface area (Å²) in [6, 6.07) is 10.8. The van der Waals surface area contributed by atoms with Gasteiger partial charge in [0.2, 0.25) is 0 Å². The van der Waals surface area contributed by atoms with E-state index in [9.17, 15) is 9.90 Å². The van der Waals surface area contributed by atoms with Crippen molar-refractivity contribution in [1.29, 1.82) is 0 Å². The Morgan fingerprint density at radius 2 is 1.58 bits per heavy atom. The predicted octanol–water partition coefficient (Wildman–Crippen LogP) is 4.34. The number of urea groups is 1. The molecular weight excluding hydrogens is 287 g/mol. The van der Waals surface area contributed by atoms with Crippen LogP contribution >= 0.6 is 23.2 Å². The third-order valence-electron chi connectivity index (χ3n) is 2.35. The van der Waals surface area contributed by atoms with E-state index in [1.165, 1.54) is 6.07 Å². The summed E-state index contributed by atoms with van der Waals surface area (Å²) >= 11 is 11.9. The van der Waals surface area contributed by atoms with Crippen molar-refractivity contribution >= 4 is 40.6 Å². The minimum absolute atomic E-state index is 0.0251. The molecule has 0 spiro atoms. The molecule has 2 aromatic rings. The van der Waals surface area contributed by atoms with Gasteiger partial charge in [-0.1, -0.05) is 41.4 Å². The fourth-order valence-corrected chi connectivity index (χ4v) is 1.96. The minimum Gasteiger partial charge on any atom is -0.506 e. The Balaban J connectivity index is 2.12. The first-order valence-electron chi connectivity index (χ1n) is 5.38. The van der Waals surface area contributed by atoms with E-state index in [0.717, 1.165) is 0 Å². The number of para-hydroxylation sites is 3. The van der Waals surface area contributed by atoms with Gasteiger partial charge in [-0.3, -0.25) is 0 Å². The van der Waals surface area contributed by atoms with Crippen molar-refractivity contribution in [3.63, 3.8) is 0 Å². The van der Waals surface area contributed by atoms with Crippen LogP contribution in [0.3, 0.4) is 0 Å². The molecule has 0 aliphatic rings. The highest BCUT2D eigenvalue weighted by atomic mass is 35.5. The van der Waals surface area contributed by atoms with Gasteiger partial charge >= 0.3 is 6.03 Å². The molecule has 6 heteroatoms. The molecule has 0 aromatic heterocycles. The summed E-state index contributed by atoms with van der Waals surface area (Å²) in [5, 5.41) is 15.2. The molecule has 19 heavy (non-hydrogen) atoms. The molecular formula is C13H10Cl2N2O2. The molecule has 2 aromatic carbocycles. The molecule has 0 bridgehead atoms. The van der Waals surface area contributed by atoms with Gasteiger partial charge in [-0.2, -0.15) is 0 Å². The van der Waals surface area contributed by atoms with Crippen LogP contribution in [0.5, 0.6) is 5.75 Å². The van der Waals surface area contributed by atoms with E-state index in [1.54, 1.807) is 36.4 Å². The van der Waals surface area contributed by atoms with Crippen molar-refractivity contribution in [2.24, 2.45) is 0 Å². The highest BCUT2D eigenvalue weighted by Crippen LogP contribution is 2.30. The van der Waals surface area contributed by atoms with Crippen LogP contribution in [0.25, 0.3) is 0 Å². The molecule has 0 saturated carbocycles. The number of rotatable bonds is 2. The third kappa shape index (κ3) is 3.30. The maximum atomic E-state index is 11.8. The highest BCUT2D eigenvalue weighted by molar-refractivity contribution is 6.39. The number of hydrogen-bond donors (Lipinski definition) is 3. The number of amides is 2. The van der Waals surface area contributed by atoms with Crippen LogP contribution in [-0.4, -0.2) is 11.1 Å². The van der Waals surface area contributed by atoms with E-state index in [1.807, 2.05) is 0 Å². The van der Waals surface area contributed by atoms with Crippen molar-refractivity contribution < 1.29 is 9.90 Å². The first-order chi connectivity index (χ1) is 9.08. The Morgan fingerprint density at radius 3 is 2.21 bits per heavy atom. The molecule has 2 amide bonds.